The number of aromatic hydroxyl groups is 1. The number of aromatic nitrogens is 3. The number of rotatable bonds is 0. The van der Waals surface area contributed by atoms with E-state index in [-0.39, 0.29) is 11.0 Å². The molecule has 14 heavy (non-hydrogen) atoms. The summed E-state index contributed by atoms with van der Waals surface area (Å²) >= 11 is 0. The van der Waals surface area contributed by atoms with Gasteiger partial charge in [-0.1, -0.05) is 0 Å². The molecule has 0 aromatic carbocycles. The molecule has 2 rings (SSSR count). The predicted molar refractivity (Wildman–Crippen MR) is 44.6 cm³/mol. The summed E-state index contributed by atoms with van der Waals surface area (Å²) in [6.45, 7) is 0. The maximum atomic E-state index is 12.8. The van der Waals surface area contributed by atoms with Crippen LogP contribution in [-0.2, 0) is 0 Å². The SMILES string of the molecule is O=c1[nH]c(=O)c2cc(F)c(O)nc2[nH]1. The maximum Gasteiger partial charge on any atom is 0.327 e. The van der Waals surface area contributed by atoms with E-state index in [1.807, 2.05) is 4.98 Å². The summed E-state index contributed by atoms with van der Waals surface area (Å²) in [5.74, 6) is -1.88. The zero-order valence-corrected chi connectivity index (χ0v) is 6.67. The van der Waals surface area contributed by atoms with Gasteiger partial charge >= 0.3 is 5.69 Å². The minimum absolute atomic E-state index is 0.125. The lowest BCUT2D eigenvalue weighted by molar-refractivity contribution is 0.413. The van der Waals surface area contributed by atoms with Crippen LogP contribution in [-0.4, -0.2) is 20.1 Å². The minimum Gasteiger partial charge on any atom is -0.491 e. The molecule has 0 aliphatic carbocycles. The number of aromatic amines is 2. The largest absolute Gasteiger partial charge is 0.491 e. The van der Waals surface area contributed by atoms with Crippen LogP contribution < -0.4 is 11.2 Å². The Bertz CT molecular complexity index is 616. The van der Waals surface area contributed by atoms with Gasteiger partial charge < -0.3 is 5.11 Å². The summed E-state index contributed by atoms with van der Waals surface area (Å²) < 4.78 is 12.8. The van der Waals surface area contributed by atoms with Crippen LogP contribution >= 0.6 is 0 Å². The Morgan fingerprint density at radius 3 is 2.79 bits per heavy atom. The fourth-order valence-corrected chi connectivity index (χ4v) is 1.06. The second kappa shape index (κ2) is 2.66. The number of halogens is 1. The average molecular weight is 197 g/mol. The van der Waals surface area contributed by atoms with Gasteiger partial charge in [0.2, 0.25) is 5.88 Å². The van der Waals surface area contributed by atoms with E-state index in [1.165, 1.54) is 0 Å². The van der Waals surface area contributed by atoms with E-state index in [9.17, 15) is 14.0 Å². The Morgan fingerprint density at radius 2 is 2.07 bits per heavy atom. The summed E-state index contributed by atoms with van der Waals surface area (Å²) in [6, 6.07) is 0.798. The predicted octanol–water partition coefficient (Wildman–Crippen LogP) is -0.544. The topological polar surface area (TPSA) is 98.8 Å². The fraction of sp³-hybridized carbons (Fsp3) is 0. The number of hydrogen-bond acceptors (Lipinski definition) is 4. The van der Waals surface area contributed by atoms with Crippen molar-refractivity contribution < 1.29 is 9.50 Å². The highest BCUT2D eigenvalue weighted by Gasteiger charge is 2.08. The van der Waals surface area contributed by atoms with Crippen molar-refractivity contribution in [1.29, 1.82) is 0 Å². The first-order chi connectivity index (χ1) is 6.58. The molecule has 0 spiro atoms. The highest BCUT2D eigenvalue weighted by atomic mass is 19.1. The summed E-state index contributed by atoms with van der Waals surface area (Å²) in [7, 11) is 0. The van der Waals surface area contributed by atoms with Gasteiger partial charge in [0.1, 0.15) is 0 Å². The summed E-state index contributed by atoms with van der Waals surface area (Å²) in [4.78, 5) is 29.2. The molecule has 72 valence electrons. The number of nitrogens with one attached hydrogen (secondary N) is 2. The number of hydrogen-bond donors (Lipinski definition) is 3. The molecule has 2 heterocycles. The molecule has 2 aromatic rings. The van der Waals surface area contributed by atoms with E-state index in [0.717, 1.165) is 6.07 Å². The lowest BCUT2D eigenvalue weighted by Crippen LogP contribution is -2.22. The maximum absolute atomic E-state index is 12.8. The number of fused-ring (bicyclic) bond motifs is 1. The van der Waals surface area contributed by atoms with Gasteiger partial charge in [-0.15, -0.1) is 0 Å². The monoisotopic (exact) mass is 197 g/mol. The molecule has 7 heteroatoms. The van der Waals surface area contributed by atoms with Crippen LogP contribution in [0.2, 0.25) is 0 Å². The summed E-state index contributed by atoms with van der Waals surface area (Å²) in [5.41, 5.74) is -1.67. The molecule has 0 saturated carbocycles. The van der Waals surface area contributed by atoms with Crippen LogP contribution in [0.4, 0.5) is 4.39 Å². The van der Waals surface area contributed by atoms with Crippen LogP contribution in [0.5, 0.6) is 5.88 Å². The molecule has 0 amide bonds. The molecule has 2 aromatic heterocycles. The molecule has 3 N–H and O–H groups in total. The van der Waals surface area contributed by atoms with Crippen LogP contribution in [0.15, 0.2) is 15.7 Å². The van der Waals surface area contributed by atoms with Crippen molar-refractivity contribution in [3.05, 3.63) is 32.7 Å². The summed E-state index contributed by atoms with van der Waals surface area (Å²) in [5, 5.41) is 8.75. The standard InChI is InChI=1S/C7H4FN3O3/c8-3-1-2-4(9-6(3)13)10-7(14)11-5(2)12/h1H,(H3,9,10,11,12,13,14). The molecule has 6 nitrogen and oxygen atoms in total. The molecule has 0 radical (unpaired) electrons. The van der Waals surface area contributed by atoms with Crippen molar-refractivity contribution in [2.24, 2.45) is 0 Å². The number of pyridine rings is 1. The molecule has 0 atom stereocenters. The first-order valence-corrected chi connectivity index (χ1v) is 3.60. The second-order valence-corrected chi connectivity index (χ2v) is 2.60. The first kappa shape index (κ1) is 8.42. The van der Waals surface area contributed by atoms with E-state index >= 15 is 0 Å². The lowest BCUT2D eigenvalue weighted by atomic mass is 10.3. The molecule has 0 aliphatic heterocycles. The number of nitrogens with zero attached hydrogens (tertiary/aromatic N) is 1. The zero-order chi connectivity index (χ0) is 10.3. The Hall–Kier alpha value is -2.18. The Kier molecular flexibility index (Phi) is 1.60. The van der Waals surface area contributed by atoms with Gasteiger partial charge in [-0.2, -0.15) is 4.98 Å². The van der Waals surface area contributed by atoms with Crippen molar-refractivity contribution in [2.45, 2.75) is 0 Å². The van der Waals surface area contributed by atoms with Gasteiger partial charge in [0, 0.05) is 0 Å². The highest BCUT2D eigenvalue weighted by Crippen LogP contribution is 2.14. The third-order valence-electron chi connectivity index (χ3n) is 1.66. The van der Waals surface area contributed by atoms with Crippen molar-refractivity contribution in [3.63, 3.8) is 0 Å². The molecular weight excluding hydrogens is 193 g/mol. The van der Waals surface area contributed by atoms with E-state index in [2.05, 4.69) is 9.97 Å². The lowest BCUT2D eigenvalue weighted by Gasteiger charge is -1.97. The van der Waals surface area contributed by atoms with Gasteiger partial charge in [0.05, 0.1) is 5.39 Å². The van der Waals surface area contributed by atoms with Crippen molar-refractivity contribution in [1.82, 2.24) is 15.0 Å². The van der Waals surface area contributed by atoms with Crippen molar-refractivity contribution >= 4 is 11.0 Å². The molecule has 0 unspecified atom stereocenters. The quantitative estimate of drug-likeness (QED) is 0.528. The Morgan fingerprint density at radius 1 is 1.36 bits per heavy atom. The first-order valence-electron chi connectivity index (χ1n) is 3.60. The van der Waals surface area contributed by atoms with Gasteiger partial charge in [0.25, 0.3) is 5.56 Å². The number of H-pyrrole nitrogens is 2. The Labute approximate surface area is 75.1 Å². The van der Waals surface area contributed by atoms with Gasteiger partial charge in [-0.05, 0) is 6.07 Å². The van der Waals surface area contributed by atoms with Gasteiger partial charge in [0.15, 0.2) is 11.5 Å². The third kappa shape index (κ3) is 1.15. The van der Waals surface area contributed by atoms with Crippen molar-refractivity contribution in [2.75, 3.05) is 0 Å². The van der Waals surface area contributed by atoms with Gasteiger partial charge in [-0.3, -0.25) is 14.8 Å². The third-order valence-corrected chi connectivity index (χ3v) is 1.66. The van der Waals surface area contributed by atoms with E-state index in [0.29, 0.717) is 0 Å². The normalized spacial score (nSPS) is 10.6. The van der Waals surface area contributed by atoms with E-state index in [1.54, 1.807) is 0 Å². The molecule has 0 bridgehead atoms. The fourth-order valence-electron chi connectivity index (χ4n) is 1.06. The average Bonchev–Trinajstić information content (AvgIpc) is 2.08. The zero-order valence-electron chi connectivity index (χ0n) is 6.67. The van der Waals surface area contributed by atoms with Crippen LogP contribution in [0.1, 0.15) is 0 Å². The van der Waals surface area contributed by atoms with E-state index < -0.39 is 22.9 Å². The minimum atomic E-state index is -1.02. The summed E-state index contributed by atoms with van der Waals surface area (Å²) in [6.07, 6.45) is 0. The van der Waals surface area contributed by atoms with Crippen LogP contribution in [0, 0.1) is 5.82 Å². The molecule has 0 aliphatic rings. The smallest absolute Gasteiger partial charge is 0.327 e. The van der Waals surface area contributed by atoms with Crippen molar-refractivity contribution in [3.8, 4) is 5.88 Å². The Balaban J connectivity index is 3.03. The highest BCUT2D eigenvalue weighted by molar-refractivity contribution is 5.73. The van der Waals surface area contributed by atoms with Gasteiger partial charge in [-0.25, -0.2) is 9.18 Å². The second-order valence-electron chi connectivity index (χ2n) is 2.60. The molecule has 0 fully saturated rings. The molecule has 0 saturated heterocycles. The van der Waals surface area contributed by atoms with Crippen LogP contribution in [0.25, 0.3) is 11.0 Å². The van der Waals surface area contributed by atoms with Crippen LogP contribution in [0.3, 0.4) is 0 Å². The van der Waals surface area contributed by atoms with E-state index in [4.69, 9.17) is 5.11 Å². The molecular formula is C7H4FN3O3.